The van der Waals surface area contributed by atoms with E-state index in [0.717, 1.165) is 33.5 Å². The summed E-state index contributed by atoms with van der Waals surface area (Å²) in [6.07, 6.45) is 3.49. The van der Waals surface area contributed by atoms with Crippen LogP contribution in [0.2, 0.25) is 0 Å². The molecule has 1 aromatic carbocycles. The van der Waals surface area contributed by atoms with Crippen LogP contribution in [0.15, 0.2) is 54.9 Å². The van der Waals surface area contributed by atoms with Gasteiger partial charge in [-0.25, -0.2) is 9.97 Å². The van der Waals surface area contributed by atoms with Crippen LogP contribution in [0, 0.1) is 6.92 Å². The fourth-order valence-electron chi connectivity index (χ4n) is 3.50. The van der Waals surface area contributed by atoms with Crippen molar-refractivity contribution in [1.29, 1.82) is 0 Å². The van der Waals surface area contributed by atoms with Crippen LogP contribution in [0.4, 0.5) is 0 Å². The lowest BCUT2D eigenvalue weighted by molar-refractivity contribution is 0.0930. The molecule has 0 spiro atoms. The van der Waals surface area contributed by atoms with Gasteiger partial charge in [0.2, 0.25) is 5.82 Å². The number of hydrogen-bond donors (Lipinski definition) is 3. The van der Waals surface area contributed by atoms with Gasteiger partial charge in [0.05, 0.1) is 34.0 Å². The van der Waals surface area contributed by atoms with Gasteiger partial charge in [-0.2, -0.15) is 0 Å². The molecule has 148 valence electrons. The second kappa shape index (κ2) is 7.07. The van der Waals surface area contributed by atoms with E-state index in [0.29, 0.717) is 11.0 Å². The molecule has 5 aromatic rings. The molecule has 0 aliphatic carbocycles. The highest BCUT2D eigenvalue weighted by Crippen LogP contribution is 2.28. The second-order valence-electron chi connectivity index (χ2n) is 7.19. The number of imidazole rings is 1. The molecule has 0 radical (unpaired) electrons. The van der Waals surface area contributed by atoms with Gasteiger partial charge in [-0.3, -0.25) is 19.9 Å². The first-order valence-corrected chi connectivity index (χ1v) is 9.61. The summed E-state index contributed by atoms with van der Waals surface area (Å²) in [6.45, 7) is 3.81. The monoisotopic (exact) mass is 397 g/mol. The lowest BCUT2D eigenvalue weighted by atomic mass is 10.1. The van der Waals surface area contributed by atoms with Crippen LogP contribution in [0.3, 0.4) is 0 Å². The highest BCUT2D eigenvalue weighted by atomic mass is 16.2. The molecule has 0 unspecified atom stereocenters. The summed E-state index contributed by atoms with van der Waals surface area (Å²) in [5, 5.41) is 10.2. The van der Waals surface area contributed by atoms with Gasteiger partial charge in [0.15, 0.2) is 0 Å². The predicted octanol–water partition coefficient (Wildman–Crippen LogP) is 3.70. The molecule has 0 aliphatic heterocycles. The Hall–Kier alpha value is -4.07. The summed E-state index contributed by atoms with van der Waals surface area (Å²) in [4.78, 5) is 30.1. The van der Waals surface area contributed by atoms with E-state index in [1.807, 2.05) is 56.3 Å². The van der Waals surface area contributed by atoms with E-state index in [1.54, 1.807) is 12.4 Å². The van der Waals surface area contributed by atoms with Gasteiger partial charge in [-0.05, 0) is 50.2 Å². The molecule has 0 fully saturated rings. The molecular formula is C22H19N7O. The summed E-state index contributed by atoms with van der Waals surface area (Å²) in [6, 6.07) is 13.2. The van der Waals surface area contributed by atoms with Crippen molar-refractivity contribution >= 4 is 27.8 Å². The normalized spacial score (nSPS) is 12.3. The Bertz CT molecular complexity index is 1370. The van der Waals surface area contributed by atoms with Crippen molar-refractivity contribution in [3.63, 3.8) is 0 Å². The fraction of sp³-hybridized carbons (Fsp3) is 0.136. The molecule has 4 heterocycles. The largest absolute Gasteiger partial charge is 0.341 e. The Morgan fingerprint density at radius 3 is 2.53 bits per heavy atom. The fourth-order valence-corrected chi connectivity index (χ4v) is 3.50. The van der Waals surface area contributed by atoms with E-state index < -0.39 is 0 Å². The van der Waals surface area contributed by atoms with E-state index >= 15 is 0 Å². The van der Waals surface area contributed by atoms with Crippen molar-refractivity contribution in [3.05, 3.63) is 72.1 Å². The van der Waals surface area contributed by atoms with E-state index in [2.05, 4.69) is 35.5 Å². The number of pyridine rings is 2. The first-order valence-electron chi connectivity index (χ1n) is 9.61. The molecule has 0 bridgehead atoms. The molecule has 8 nitrogen and oxygen atoms in total. The lowest BCUT2D eigenvalue weighted by Gasteiger charge is -2.12. The number of rotatable bonds is 4. The summed E-state index contributed by atoms with van der Waals surface area (Å²) in [5.41, 5.74) is 5.85. The molecule has 0 saturated carbocycles. The molecule has 0 aliphatic rings. The van der Waals surface area contributed by atoms with Crippen molar-refractivity contribution < 1.29 is 4.79 Å². The van der Waals surface area contributed by atoms with Crippen LogP contribution in [0.1, 0.15) is 35.0 Å². The highest BCUT2D eigenvalue weighted by Gasteiger charge is 2.18. The van der Waals surface area contributed by atoms with Crippen LogP contribution < -0.4 is 5.32 Å². The minimum Gasteiger partial charge on any atom is -0.341 e. The number of nitrogens with zero attached hydrogens (tertiary/aromatic N) is 4. The van der Waals surface area contributed by atoms with Crippen molar-refractivity contribution in [2.45, 2.75) is 19.9 Å². The molecule has 5 rings (SSSR count). The van der Waals surface area contributed by atoms with Crippen LogP contribution in [-0.4, -0.2) is 36.0 Å². The molecular weight excluding hydrogens is 378 g/mol. The molecule has 4 aromatic heterocycles. The number of carbonyl (C=O) groups is 1. The number of aryl methyl sites for hydroxylation is 1. The van der Waals surface area contributed by atoms with Crippen molar-refractivity contribution in [2.24, 2.45) is 0 Å². The number of aromatic nitrogens is 6. The highest BCUT2D eigenvalue weighted by molar-refractivity contribution is 6.02. The van der Waals surface area contributed by atoms with E-state index in [4.69, 9.17) is 0 Å². The summed E-state index contributed by atoms with van der Waals surface area (Å²) < 4.78 is 0. The van der Waals surface area contributed by atoms with Gasteiger partial charge in [0.25, 0.3) is 5.91 Å². The number of aromatic amines is 2. The third-order valence-corrected chi connectivity index (χ3v) is 5.03. The average molecular weight is 397 g/mol. The molecule has 30 heavy (non-hydrogen) atoms. The summed E-state index contributed by atoms with van der Waals surface area (Å²) >= 11 is 0. The number of amides is 1. The Morgan fingerprint density at radius 1 is 1.00 bits per heavy atom. The number of H-pyrrole nitrogens is 2. The third kappa shape index (κ3) is 3.18. The quantitative estimate of drug-likeness (QED) is 0.428. The first-order chi connectivity index (χ1) is 14.6. The number of benzene rings is 1. The van der Waals surface area contributed by atoms with Gasteiger partial charge in [0, 0.05) is 29.0 Å². The molecule has 8 heteroatoms. The predicted molar refractivity (Wildman–Crippen MR) is 114 cm³/mol. The van der Waals surface area contributed by atoms with Crippen LogP contribution in [0.5, 0.6) is 0 Å². The maximum atomic E-state index is 12.7. The SMILES string of the molecule is Cc1cccc([C@H](C)NC(=O)c2nc3cc4[nH][nH]c(-c5ccncc5)c4cc3n2)n1. The van der Waals surface area contributed by atoms with Gasteiger partial charge >= 0.3 is 0 Å². The second-order valence-corrected chi connectivity index (χ2v) is 7.19. The van der Waals surface area contributed by atoms with Crippen LogP contribution in [-0.2, 0) is 0 Å². The first kappa shape index (κ1) is 18.0. The zero-order valence-electron chi connectivity index (χ0n) is 16.5. The van der Waals surface area contributed by atoms with E-state index in [9.17, 15) is 4.79 Å². The molecule has 0 saturated heterocycles. The smallest absolute Gasteiger partial charge is 0.289 e. The molecule has 1 amide bonds. The van der Waals surface area contributed by atoms with Crippen LogP contribution in [0.25, 0.3) is 33.2 Å². The Kier molecular flexibility index (Phi) is 4.24. The van der Waals surface area contributed by atoms with Gasteiger partial charge in [0.1, 0.15) is 0 Å². The maximum Gasteiger partial charge on any atom is 0.289 e. The van der Waals surface area contributed by atoms with E-state index in [1.165, 1.54) is 0 Å². The average Bonchev–Trinajstić information content (AvgIpc) is 3.36. The number of carbonyl (C=O) groups excluding carboxylic acids is 1. The zero-order valence-corrected chi connectivity index (χ0v) is 16.5. The van der Waals surface area contributed by atoms with Gasteiger partial charge < -0.3 is 10.4 Å². The topological polar surface area (TPSA) is 112 Å². The van der Waals surface area contributed by atoms with E-state index in [-0.39, 0.29) is 17.8 Å². The zero-order chi connectivity index (χ0) is 20.7. The van der Waals surface area contributed by atoms with Crippen LogP contribution >= 0.6 is 0 Å². The van der Waals surface area contributed by atoms with Gasteiger partial charge in [-0.15, -0.1) is 0 Å². The number of hydrogen-bond acceptors (Lipinski definition) is 5. The van der Waals surface area contributed by atoms with Crippen molar-refractivity contribution in [2.75, 3.05) is 0 Å². The lowest BCUT2D eigenvalue weighted by Crippen LogP contribution is -2.28. The molecule has 1 atom stereocenters. The van der Waals surface area contributed by atoms with Crippen molar-refractivity contribution in [3.8, 4) is 11.3 Å². The Morgan fingerprint density at radius 2 is 1.77 bits per heavy atom. The Labute approximate surface area is 171 Å². The molecule has 3 N–H and O–H groups in total. The third-order valence-electron chi connectivity index (χ3n) is 5.03. The minimum absolute atomic E-state index is 0.145. The number of nitrogens with one attached hydrogen (secondary N) is 3. The summed E-state index contributed by atoms with van der Waals surface area (Å²) in [5.74, 6) is -0.182. The standard InChI is InChI=1S/C22H19N7O/c1-12-4-3-5-16(24-12)13(2)25-22(30)21-26-18-10-15-17(11-19(18)27-21)28-29-20(15)14-6-8-23-9-7-14/h3-11,13,28-29H,1-2H3,(H,25,30)/t13-/m0/s1. The van der Waals surface area contributed by atoms with Crippen molar-refractivity contribution in [1.82, 2.24) is 35.5 Å². The minimum atomic E-state index is -0.327. The maximum absolute atomic E-state index is 12.7. The van der Waals surface area contributed by atoms with Gasteiger partial charge in [-0.1, -0.05) is 6.07 Å². The number of fused-ring (bicyclic) bond motifs is 2. The summed E-state index contributed by atoms with van der Waals surface area (Å²) in [7, 11) is 0. The Balaban J connectivity index is 1.46.